The SMILES string of the molecule is CC(Br)CCCNS(=O)(=O)NC(=O)OC(C)C. The molecule has 0 aliphatic rings. The van der Waals surface area contributed by atoms with Crippen molar-refractivity contribution in [3.8, 4) is 0 Å². The molecule has 8 heteroatoms. The molecule has 102 valence electrons. The van der Waals surface area contributed by atoms with Crippen molar-refractivity contribution in [2.24, 2.45) is 0 Å². The molecule has 6 nitrogen and oxygen atoms in total. The number of halogens is 1. The van der Waals surface area contributed by atoms with Gasteiger partial charge in [0.15, 0.2) is 0 Å². The van der Waals surface area contributed by atoms with Gasteiger partial charge in [0.2, 0.25) is 0 Å². The molecule has 17 heavy (non-hydrogen) atoms. The van der Waals surface area contributed by atoms with Crippen molar-refractivity contribution in [3.05, 3.63) is 0 Å². The zero-order valence-electron chi connectivity index (χ0n) is 10.2. The lowest BCUT2D eigenvalue weighted by Gasteiger charge is -2.11. The van der Waals surface area contributed by atoms with Gasteiger partial charge in [-0.25, -0.2) is 9.52 Å². The first kappa shape index (κ1) is 16.7. The number of carbonyl (C=O) groups excluding carboxylic acids is 1. The third kappa shape index (κ3) is 10.5. The van der Waals surface area contributed by atoms with E-state index >= 15 is 0 Å². The van der Waals surface area contributed by atoms with Crippen molar-refractivity contribution < 1.29 is 17.9 Å². The van der Waals surface area contributed by atoms with E-state index in [1.165, 1.54) is 0 Å². The van der Waals surface area contributed by atoms with E-state index in [0.717, 1.165) is 6.42 Å². The molecule has 0 bridgehead atoms. The summed E-state index contributed by atoms with van der Waals surface area (Å²) < 4.78 is 31.3. The van der Waals surface area contributed by atoms with Crippen molar-refractivity contribution in [2.75, 3.05) is 6.54 Å². The van der Waals surface area contributed by atoms with Crippen LogP contribution in [0, 0.1) is 0 Å². The number of hydrogen-bond acceptors (Lipinski definition) is 4. The summed E-state index contributed by atoms with van der Waals surface area (Å²) >= 11 is 3.36. The predicted molar refractivity (Wildman–Crippen MR) is 69.3 cm³/mol. The average molecular weight is 331 g/mol. The summed E-state index contributed by atoms with van der Waals surface area (Å²) in [4.78, 5) is 11.4. The number of carbonyl (C=O) groups is 1. The molecule has 0 radical (unpaired) electrons. The van der Waals surface area contributed by atoms with Crippen molar-refractivity contribution in [3.63, 3.8) is 0 Å². The highest BCUT2D eigenvalue weighted by Crippen LogP contribution is 2.05. The fourth-order valence-electron chi connectivity index (χ4n) is 0.974. The van der Waals surface area contributed by atoms with Gasteiger partial charge in [0, 0.05) is 11.4 Å². The Labute approximate surface area is 111 Å². The first-order valence-electron chi connectivity index (χ1n) is 5.35. The lowest BCUT2D eigenvalue weighted by atomic mass is 10.2. The van der Waals surface area contributed by atoms with Crippen LogP contribution in [0.25, 0.3) is 0 Å². The molecule has 0 saturated heterocycles. The topological polar surface area (TPSA) is 84.5 Å². The van der Waals surface area contributed by atoms with E-state index in [-0.39, 0.29) is 12.6 Å². The minimum absolute atomic E-state index is 0.278. The van der Waals surface area contributed by atoms with Crippen LogP contribution >= 0.6 is 15.9 Å². The van der Waals surface area contributed by atoms with E-state index < -0.39 is 16.3 Å². The summed E-state index contributed by atoms with van der Waals surface area (Å²) in [7, 11) is -3.81. The minimum atomic E-state index is -3.81. The Morgan fingerprint density at radius 2 is 1.94 bits per heavy atom. The highest BCUT2D eigenvalue weighted by atomic mass is 79.9. The quantitative estimate of drug-likeness (QED) is 0.547. The summed E-state index contributed by atoms with van der Waals surface area (Å²) in [6, 6.07) is 0. The highest BCUT2D eigenvalue weighted by molar-refractivity contribution is 9.09. The standard InChI is InChI=1S/C9H19BrN2O4S/c1-7(2)16-9(13)12-17(14,15)11-6-4-5-8(3)10/h7-8,11H,4-6H2,1-3H3,(H,12,13). The molecule has 0 aromatic rings. The van der Waals surface area contributed by atoms with Gasteiger partial charge in [-0.15, -0.1) is 0 Å². The molecule has 0 saturated carbocycles. The Kier molecular flexibility index (Phi) is 7.73. The van der Waals surface area contributed by atoms with Gasteiger partial charge in [0.05, 0.1) is 6.10 Å². The van der Waals surface area contributed by atoms with Crippen LogP contribution in [0.2, 0.25) is 0 Å². The maximum Gasteiger partial charge on any atom is 0.422 e. The molecule has 1 unspecified atom stereocenters. The smallest absolute Gasteiger partial charge is 0.422 e. The van der Waals surface area contributed by atoms with Crippen LogP contribution in [-0.2, 0) is 14.9 Å². The number of amides is 1. The third-order valence-electron chi connectivity index (χ3n) is 1.63. The van der Waals surface area contributed by atoms with E-state index in [0.29, 0.717) is 11.2 Å². The summed E-state index contributed by atoms with van der Waals surface area (Å²) in [6.07, 6.45) is 0.201. The first-order chi connectivity index (χ1) is 7.73. The fourth-order valence-corrected chi connectivity index (χ4v) is 2.05. The summed E-state index contributed by atoms with van der Waals surface area (Å²) in [5, 5.41) is 0. The highest BCUT2D eigenvalue weighted by Gasteiger charge is 2.15. The molecule has 0 aromatic heterocycles. The van der Waals surface area contributed by atoms with Crippen molar-refractivity contribution in [1.29, 1.82) is 0 Å². The van der Waals surface area contributed by atoms with Crippen LogP contribution in [0.5, 0.6) is 0 Å². The summed E-state index contributed by atoms with van der Waals surface area (Å²) in [6.45, 7) is 5.53. The van der Waals surface area contributed by atoms with Gasteiger partial charge < -0.3 is 4.74 Å². The van der Waals surface area contributed by atoms with E-state index in [4.69, 9.17) is 0 Å². The van der Waals surface area contributed by atoms with E-state index in [1.54, 1.807) is 18.6 Å². The molecule has 1 amide bonds. The summed E-state index contributed by atoms with van der Waals surface area (Å²) in [5.41, 5.74) is 0. The van der Waals surface area contributed by atoms with Crippen molar-refractivity contribution in [2.45, 2.75) is 44.5 Å². The van der Waals surface area contributed by atoms with Crippen LogP contribution in [0.4, 0.5) is 4.79 Å². The van der Waals surface area contributed by atoms with Gasteiger partial charge in [-0.05, 0) is 26.7 Å². The first-order valence-corrected chi connectivity index (χ1v) is 7.75. The zero-order chi connectivity index (χ0) is 13.5. The molecule has 0 rings (SSSR count). The van der Waals surface area contributed by atoms with Gasteiger partial charge in [0.1, 0.15) is 0 Å². The Balaban J connectivity index is 3.92. The molecular formula is C9H19BrN2O4S. The maximum absolute atomic E-state index is 11.3. The molecule has 0 aliphatic heterocycles. The number of alkyl halides is 1. The van der Waals surface area contributed by atoms with Crippen molar-refractivity contribution >= 4 is 32.2 Å². The maximum atomic E-state index is 11.3. The second kappa shape index (κ2) is 7.88. The molecule has 0 heterocycles. The summed E-state index contributed by atoms with van der Waals surface area (Å²) in [5.74, 6) is 0. The van der Waals surface area contributed by atoms with Gasteiger partial charge in [-0.2, -0.15) is 13.1 Å². The average Bonchev–Trinajstić information content (AvgIpc) is 2.09. The molecule has 0 fully saturated rings. The van der Waals surface area contributed by atoms with E-state index in [2.05, 4.69) is 25.4 Å². The fraction of sp³-hybridized carbons (Fsp3) is 0.889. The number of ether oxygens (including phenoxy) is 1. The largest absolute Gasteiger partial charge is 0.446 e. The second-order valence-electron chi connectivity index (χ2n) is 3.88. The molecule has 0 aliphatic carbocycles. The minimum Gasteiger partial charge on any atom is -0.446 e. The number of nitrogens with one attached hydrogen (secondary N) is 2. The zero-order valence-corrected chi connectivity index (χ0v) is 12.6. The van der Waals surface area contributed by atoms with Crippen LogP contribution in [-0.4, -0.2) is 32.0 Å². The predicted octanol–water partition coefficient (Wildman–Crippen LogP) is 1.52. The Morgan fingerprint density at radius 3 is 2.41 bits per heavy atom. The monoisotopic (exact) mass is 330 g/mol. The number of hydrogen-bond donors (Lipinski definition) is 2. The second-order valence-corrected chi connectivity index (χ2v) is 6.94. The molecule has 2 N–H and O–H groups in total. The van der Waals surface area contributed by atoms with Crippen LogP contribution < -0.4 is 9.44 Å². The van der Waals surface area contributed by atoms with Gasteiger partial charge in [-0.3, -0.25) is 0 Å². The Bertz CT molecular complexity index is 330. The molecule has 0 aromatic carbocycles. The Hall–Kier alpha value is -0.340. The van der Waals surface area contributed by atoms with Crippen LogP contribution in [0.15, 0.2) is 0 Å². The third-order valence-corrected chi connectivity index (χ3v) is 3.11. The van der Waals surface area contributed by atoms with Gasteiger partial charge >= 0.3 is 16.3 Å². The van der Waals surface area contributed by atoms with Crippen LogP contribution in [0.1, 0.15) is 33.6 Å². The van der Waals surface area contributed by atoms with E-state index in [1.807, 2.05) is 6.92 Å². The lowest BCUT2D eigenvalue weighted by molar-refractivity contribution is 0.121. The molecule has 0 spiro atoms. The molecular weight excluding hydrogens is 312 g/mol. The van der Waals surface area contributed by atoms with Crippen molar-refractivity contribution in [1.82, 2.24) is 9.44 Å². The normalized spacial score (nSPS) is 13.5. The van der Waals surface area contributed by atoms with Crippen LogP contribution in [0.3, 0.4) is 0 Å². The Morgan fingerprint density at radius 1 is 1.35 bits per heavy atom. The van der Waals surface area contributed by atoms with Gasteiger partial charge in [-0.1, -0.05) is 22.9 Å². The van der Waals surface area contributed by atoms with E-state index in [9.17, 15) is 13.2 Å². The lowest BCUT2D eigenvalue weighted by Crippen LogP contribution is -2.41. The number of rotatable bonds is 7. The van der Waals surface area contributed by atoms with Gasteiger partial charge in [0.25, 0.3) is 0 Å². The molecule has 1 atom stereocenters.